The number of aryl methyl sites for hydroxylation is 1. The Hall–Kier alpha value is -2.08. The van der Waals surface area contributed by atoms with Gasteiger partial charge in [-0.1, -0.05) is 48.8 Å². The van der Waals surface area contributed by atoms with Crippen molar-refractivity contribution in [1.29, 1.82) is 0 Å². The SMILES string of the molecule is C[C@H](Nc1nc(O)c(CC(=O)N2CCCc3ccccc32)s1)C1CCCCC1. The molecule has 1 atom stereocenters. The fourth-order valence-corrected chi connectivity index (χ4v) is 5.44. The van der Waals surface area contributed by atoms with Gasteiger partial charge in [0, 0.05) is 18.3 Å². The van der Waals surface area contributed by atoms with E-state index in [1.807, 2.05) is 23.1 Å². The van der Waals surface area contributed by atoms with E-state index in [-0.39, 0.29) is 18.2 Å². The summed E-state index contributed by atoms with van der Waals surface area (Å²) in [6.07, 6.45) is 8.64. The maximum absolute atomic E-state index is 12.9. The third kappa shape index (κ3) is 4.17. The quantitative estimate of drug-likeness (QED) is 0.761. The number of carbonyl (C=O) groups is 1. The van der Waals surface area contributed by atoms with Gasteiger partial charge in [0.05, 0.1) is 11.3 Å². The average molecular weight is 400 g/mol. The molecule has 5 nitrogen and oxygen atoms in total. The minimum Gasteiger partial charge on any atom is -0.492 e. The topological polar surface area (TPSA) is 65.5 Å². The number of thiazole rings is 1. The maximum atomic E-state index is 12.9. The van der Waals surface area contributed by atoms with Crippen LogP contribution >= 0.6 is 11.3 Å². The number of rotatable bonds is 5. The van der Waals surface area contributed by atoms with Gasteiger partial charge < -0.3 is 15.3 Å². The summed E-state index contributed by atoms with van der Waals surface area (Å²) < 4.78 is 0. The summed E-state index contributed by atoms with van der Waals surface area (Å²) in [5.74, 6) is 0.676. The second-order valence-corrected chi connectivity index (χ2v) is 9.13. The number of carbonyl (C=O) groups excluding carboxylic acids is 1. The van der Waals surface area contributed by atoms with Crippen LogP contribution in [0.3, 0.4) is 0 Å². The van der Waals surface area contributed by atoms with Crippen LogP contribution in [0, 0.1) is 5.92 Å². The van der Waals surface area contributed by atoms with E-state index in [1.54, 1.807) is 0 Å². The molecule has 28 heavy (non-hydrogen) atoms. The molecule has 1 saturated carbocycles. The second kappa shape index (κ2) is 8.52. The Bertz CT molecular complexity index is 829. The summed E-state index contributed by atoms with van der Waals surface area (Å²) in [4.78, 5) is 19.7. The number of para-hydroxylation sites is 1. The van der Waals surface area contributed by atoms with Gasteiger partial charge in [0.15, 0.2) is 5.13 Å². The highest BCUT2D eigenvalue weighted by atomic mass is 32.1. The smallest absolute Gasteiger partial charge is 0.232 e. The molecular formula is C22H29N3O2S. The molecule has 0 saturated heterocycles. The minimum atomic E-state index is -0.0120. The van der Waals surface area contributed by atoms with Crippen LogP contribution in [0.15, 0.2) is 24.3 Å². The summed E-state index contributed by atoms with van der Waals surface area (Å²) in [5.41, 5.74) is 2.23. The molecule has 0 unspecified atom stereocenters. The molecule has 2 aromatic rings. The lowest BCUT2D eigenvalue weighted by Gasteiger charge is -2.29. The van der Waals surface area contributed by atoms with Gasteiger partial charge in [-0.3, -0.25) is 4.79 Å². The molecular weight excluding hydrogens is 370 g/mol. The first-order valence-electron chi connectivity index (χ1n) is 10.5. The molecule has 0 radical (unpaired) electrons. The van der Waals surface area contributed by atoms with Gasteiger partial charge in [0.25, 0.3) is 0 Å². The Morgan fingerprint density at radius 3 is 2.89 bits per heavy atom. The molecule has 2 heterocycles. The number of nitrogens with zero attached hydrogens (tertiary/aromatic N) is 2. The van der Waals surface area contributed by atoms with Crippen LogP contribution in [0.1, 0.15) is 55.9 Å². The van der Waals surface area contributed by atoms with E-state index in [4.69, 9.17) is 0 Å². The number of anilines is 2. The lowest BCUT2D eigenvalue weighted by atomic mass is 9.85. The van der Waals surface area contributed by atoms with Crippen LogP contribution in [0.2, 0.25) is 0 Å². The molecule has 0 bridgehead atoms. The minimum absolute atomic E-state index is 0.0120. The zero-order valence-electron chi connectivity index (χ0n) is 16.5. The third-order valence-corrected chi connectivity index (χ3v) is 7.08. The van der Waals surface area contributed by atoms with Gasteiger partial charge in [0.2, 0.25) is 11.8 Å². The molecule has 1 amide bonds. The molecule has 1 aliphatic heterocycles. The van der Waals surface area contributed by atoms with Gasteiger partial charge >= 0.3 is 0 Å². The largest absolute Gasteiger partial charge is 0.492 e. The molecule has 1 fully saturated rings. The van der Waals surface area contributed by atoms with Crippen molar-refractivity contribution in [3.63, 3.8) is 0 Å². The zero-order chi connectivity index (χ0) is 19.5. The first-order valence-corrected chi connectivity index (χ1v) is 11.3. The number of hydrogen-bond acceptors (Lipinski definition) is 5. The third-order valence-electron chi connectivity index (χ3n) is 6.11. The molecule has 2 N–H and O–H groups in total. The highest BCUT2D eigenvalue weighted by Crippen LogP contribution is 2.34. The van der Waals surface area contributed by atoms with E-state index in [2.05, 4.69) is 23.3 Å². The highest BCUT2D eigenvalue weighted by Gasteiger charge is 2.25. The van der Waals surface area contributed by atoms with Crippen molar-refractivity contribution >= 4 is 28.1 Å². The molecule has 1 aromatic carbocycles. The van der Waals surface area contributed by atoms with E-state index >= 15 is 0 Å². The Morgan fingerprint density at radius 2 is 2.07 bits per heavy atom. The van der Waals surface area contributed by atoms with Crippen LogP contribution in [-0.2, 0) is 17.6 Å². The molecule has 0 spiro atoms. The van der Waals surface area contributed by atoms with Crippen LogP contribution in [0.4, 0.5) is 10.8 Å². The first kappa shape index (κ1) is 19.2. The van der Waals surface area contributed by atoms with Crippen molar-refractivity contribution in [3.8, 4) is 5.88 Å². The number of aromatic nitrogens is 1. The van der Waals surface area contributed by atoms with Crippen molar-refractivity contribution in [3.05, 3.63) is 34.7 Å². The van der Waals surface area contributed by atoms with Crippen LogP contribution in [0.5, 0.6) is 5.88 Å². The summed E-state index contributed by atoms with van der Waals surface area (Å²) in [6, 6.07) is 8.44. The lowest BCUT2D eigenvalue weighted by molar-refractivity contribution is -0.118. The molecule has 1 aromatic heterocycles. The Morgan fingerprint density at radius 1 is 1.29 bits per heavy atom. The van der Waals surface area contributed by atoms with Crippen molar-refractivity contribution in [1.82, 2.24) is 4.98 Å². The molecule has 4 rings (SSSR count). The van der Waals surface area contributed by atoms with Crippen molar-refractivity contribution in [2.75, 3.05) is 16.8 Å². The average Bonchev–Trinajstić information content (AvgIpc) is 3.06. The normalized spacial score (nSPS) is 18.5. The standard InChI is InChI=1S/C22H29N3O2S/c1-15(16-8-3-2-4-9-16)23-22-24-21(27)19(28-22)14-20(26)25-13-7-11-17-10-5-6-12-18(17)25/h5-6,10,12,15-16,27H,2-4,7-9,11,13-14H2,1H3,(H,23,24)/t15-/m0/s1. The number of aromatic hydroxyl groups is 1. The number of amides is 1. The second-order valence-electron chi connectivity index (χ2n) is 8.05. The van der Waals surface area contributed by atoms with Crippen molar-refractivity contribution < 1.29 is 9.90 Å². The summed E-state index contributed by atoms with van der Waals surface area (Å²) in [6.45, 7) is 2.93. The molecule has 6 heteroatoms. The van der Waals surface area contributed by atoms with Crippen molar-refractivity contribution in [2.45, 2.75) is 64.3 Å². The highest BCUT2D eigenvalue weighted by molar-refractivity contribution is 7.16. The molecule has 150 valence electrons. The fourth-order valence-electron chi connectivity index (χ4n) is 4.49. The van der Waals surface area contributed by atoms with Crippen LogP contribution < -0.4 is 10.2 Å². The van der Waals surface area contributed by atoms with Crippen LogP contribution in [0.25, 0.3) is 0 Å². The van der Waals surface area contributed by atoms with E-state index in [9.17, 15) is 9.90 Å². The van der Waals surface area contributed by atoms with E-state index in [1.165, 1.54) is 49.0 Å². The van der Waals surface area contributed by atoms with E-state index in [0.717, 1.165) is 30.2 Å². The van der Waals surface area contributed by atoms with Crippen molar-refractivity contribution in [2.24, 2.45) is 5.92 Å². The molecule has 2 aliphatic rings. The Kier molecular flexibility index (Phi) is 5.85. The van der Waals surface area contributed by atoms with E-state index in [0.29, 0.717) is 16.8 Å². The number of benzene rings is 1. The Labute approximate surface area is 170 Å². The fraction of sp³-hybridized carbons (Fsp3) is 0.545. The van der Waals surface area contributed by atoms with Crippen LogP contribution in [-0.4, -0.2) is 28.6 Å². The zero-order valence-corrected chi connectivity index (χ0v) is 17.3. The number of fused-ring (bicyclic) bond motifs is 1. The van der Waals surface area contributed by atoms with Gasteiger partial charge in [-0.05, 0) is 50.2 Å². The monoisotopic (exact) mass is 399 g/mol. The lowest BCUT2D eigenvalue weighted by Crippen LogP contribution is -2.36. The summed E-state index contributed by atoms with van der Waals surface area (Å²) in [7, 11) is 0. The number of hydrogen-bond donors (Lipinski definition) is 2. The van der Waals surface area contributed by atoms with Gasteiger partial charge in [0.1, 0.15) is 0 Å². The van der Waals surface area contributed by atoms with E-state index < -0.39 is 0 Å². The summed E-state index contributed by atoms with van der Waals surface area (Å²) >= 11 is 1.41. The van der Waals surface area contributed by atoms with Gasteiger partial charge in [-0.2, -0.15) is 4.98 Å². The maximum Gasteiger partial charge on any atom is 0.232 e. The summed E-state index contributed by atoms with van der Waals surface area (Å²) in [5, 5.41) is 14.5. The van der Waals surface area contributed by atoms with Gasteiger partial charge in [-0.15, -0.1) is 0 Å². The predicted octanol–water partition coefficient (Wildman–Crippen LogP) is 4.75. The predicted molar refractivity (Wildman–Crippen MR) is 114 cm³/mol. The Balaban J connectivity index is 1.42. The number of nitrogens with one attached hydrogen (secondary N) is 1. The molecule has 1 aliphatic carbocycles. The van der Waals surface area contributed by atoms with Gasteiger partial charge in [-0.25, -0.2) is 0 Å². The first-order chi connectivity index (χ1) is 13.6.